The van der Waals surface area contributed by atoms with Crippen LogP contribution in [-0.4, -0.2) is 4.93 Å². The molecule has 10 heavy (non-hydrogen) atoms. The van der Waals surface area contributed by atoms with Gasteiger partial charge in [0, 0.05) is 0 Å². The Hall–Kier alpha value is -0.190. The van der Waals surface area contributed by atoms with Crippen molar-refractivity contribution in [3.8, 4) is 0 Å². The first-order chi connectivity index (χ1) is 4.74. The molecule has 0 aliphatic heterocycles. The third kappa shape index (κ3) is 1.65. The number of halogens is 3. The first-order valence-corrected chi connectivity index (χ1v) is 5.92. The van der Waals surface area contributed by atoms with Crippen molar-refractivity contribution in [2.45, 2.75) is 0 Å². The molecule has 0 saturated carbocycles. The van der Waals surface area contributed by atoms with Crippen molar-refractivity contribution in [2.24, 2.45) is 0 Å². The van der Waals surface area contributed by atoms with Gasteiger partial charge in [-0.3, -0.25) is 0 Å². The van der Waals surface area contributed by atoms with Crippen molar-refractivity contribution in [2.75, 3.05) is 4.93 Å². The fourth-order valence-corrected chi connectivity index (χ4v) is 1.71. The van der Waals surface area contributed by atoms with Crippen LogP contribution in [-0.2, 0) is 0 Å². The third-order valence-corrected chi connectivity index (χ3v) is 3.02. The predicted molar refractivity (Wildman–Crippen MR) is 31.0 cm³/mol. The average molecular weight is 255 g/mol. The Balaban J connectivity index is 3.04. The number of rotatable bonds is 1. The van der Waals surface area contributed by atoms with Crippen LogP contribution in [0.5, 0.6) is 0 Å². The summed E-state index contributed by atoms with van der Waals surface area (Å²) in [5.41, 5.74) is 0. The third-order valence-electron chi connectivity index (χ3n) is 1.10. The van der Waals surface area contributed by atoms with Gasteiger partial charge in [0.15, 0.2) is 0 Å². The van der Waals surface area contributed by atoms with E-state index >= 15 is 0 Å². The van der Waals surface area contributed by atoms with Crippen LogP contribution in [0.4, 0.5) is 8.78 Å². The second kappa shape index (κ2) is 3.27. The van der Waals surface area contributed by atoms with Gasteiger partial charge in [-0.25, -0.2) is 0 Å². The van der Waals surface area contributed by atoms with Crippen molar-refractivity contribution in [1.82, 2.24) is 0 Å². The molecule has 0 radical (unpaired) electrons. The van der Waals surface area contributed by atoms with Crippen molar-refractivity contribution in [1.29, 1.82) is 0 Å². The fourth-order valence-electron chi connectivity index (χ4n) is 0.588. The molecule has 0 N–H and O–H groups in total. The average Bonchev–Trinajstić information content (AvgIpc) is 1.95. The molecule has 0 bridgehead atoms. The van der Waals surface area contributed by atoms with E-state index in [1.54, 1.807) is 6.07 Å². The maximum absolute atomic E-state index is 12.4. The topological polar surface area (TPSA) is 0 Å². The Morgan fingerprint density at radius 1 is 1.20 bits per heavy atom. The molecule has 0 spiro atoms. The molecule has 0 fully saturated rings. The summed E-state index contributed by atoms with van der Waals surface area (Å²) in [6.07, 6.45) is 0. The van der Waals surface area contributed by atoms with E-state index in [4.69, 9.17) is 0 Å². The van der Waals surface area contributed by atoms with Crippen molar-refractivity contribution >= 4 is 0 Å². The molecule has 0 heterocycles. The van der Waals surface area contributed by atoms with Gasteiger partial charge in [-0.05, 0) is 0 Å². The Bertz CT molecular complexity index is 235. The maximum atomic E-state index is 12.4. The Morgan fingerprint density at radius 2 is 1.90 bits per heavy atom. The van der Waals surface area contributed by atoms with E-state index in [-0.39, 0.29) is 21.2 Å². The van der Waals surface area contributed by atoms with Gasteiger partial charge >= 0.3 is 68.3 Å². The zero-order valence-electron chi connectivity index (χ0n) is 5.37. The second-order valence-corrected chi connectivity index (χ2v) is 4.07. The normalized spacial score (nSPS) is 10.3. The molecule has 3 heteroatoms. The van der Waals surface area contributed by atoms with Crippen molar-refractivity contribution in [3.63, 3.8) is 0 Å². The van der Waals surface area contributed by atoms with Crippen LogP contribution in [0.15, 0.2) is 18.2 Å². The van der Waals surface area contributed by atoms with Gasteiger partial charge < -0.3 is 0 Å². The molecule has 1 rings (SSSR count). The molecule has 0 aliphatic carbocycles. The van der Waals surface area contributed by atoms with E-state index in [0.717, 1.165) is 3.57 Å². The summed E-state index contributed by atoms with van der Waals surface area (Å²) >= 11 is -0.127. The molecule has 0 nitrogen and oxygen atoms in total. The quantitative estimate of drug-likeness (QED) is 0.338. The van der Waals surface area contributed by atoms with E-state index in [9.17, 15) is 8.78 Å². The summed E-state index contributed by atoms with van der Waals surface area (Å²) in [7, 11) is 0. The Labute approximate surface area is 68.5 Å². The minimum atomic E-state index is -0.763. The van der Waals surface area contributed by atoms with Crippen molar-refractivity contribution < 1.29 is 30.0 Å². The van der Waals surface area contributed by atoms with Gasteiger partial charge in [-0.1, -0.05) is 0 Å². The van der Waals surface area contributed by atoms with Gasteiger partial charge in [-0.15, -0.1) is 0 Å². The predicted octanol–water partition coefficient (Wildman–Crippen LogP) is -1.15. The van der Waals surface area contributed by atoms with Crippen LogP contribution < -0.4 is 21.2 Å². The number of benzene rings is 1. The van der Waals surface area contributed by atoms with Crippen LogP contribution >= 0.6 is 0 Å². The number of alkyl halides is 1. The fraction of sp³-hybridized carbons (Fsp3) is 0.143. The van der Waals surface area contributed by atoms with E-state index in [2.05, 4.69) is 0 Å². The molecular formula is C7H6F2I-. The molecule has 56 valence electrons. The van der Waals surface area contributed by atoms with E-state index in [1.165, 1.54) is 12.1 Å². The molecule has 0 unspecified atom stereocenters. The monoisotopic (exact) mass is 255 g/mol. The second-order valence-electron chi connectivity index (χ2n) is 1.75. The first kappa shape index (κ1) is 7.91. The minimum absolute atomic E-state index is 0.127. The molecule has 0 aliphatic rings. The SMILES string of the molecule is C[I-]c1ccc(F)c(F)c1. The van der Waals surface area contributed by atoms with Crippen molar-refractivity contribution in [3.05, 3.63) is 33.4 Å². The zero-order valence-corrected chi connectivity index (χ0v) is 7.52. The molecule has 0 atom stereocenters. The summed E-state index contributed by atoms with van der Waals surface area (Å²) in [6.45, 7) is 0. The van der Waals surface area contributed by atoms with Gasteiger partial charge in [0.25, 0.3) is 0 Å². The summed E-state index contributed by atoms with van der Waals surface area (Å²) < 4.78 is 25.6. The summed E-state index contributed by atoms with van der Waals surface area (Å²) in [4.78, 5) is 2.01. The van der Waals surface area contributed by atoms with E-state index in [0.29, 0.717) is 0 Å². The Morgan fingerprint density at radius 3 is 2.40 bits per heavy atom. The molecule has 0 amide bonds. The molecule has 0 aromatic heterocycles. The standard InChI is InChI=1S/C7H6F2I/c1-10-5-2-3-6(8)7(9)4-5/h2-4H,1H3/q-1. The van der Waals surface area contributed by atoms with Gasteiger partial charge in [-0.2, -0.15) is 0 Å². The molecular weight excluding hydrogens is 249 g/mol. The first-order valence-electron chi connectivity index (χ1n) is 2.68. The van der Waals surface area contributed by atoms with E-state index in [1.807, 2.05) is 4.93 Å². The van der Waals surface area contributed by atoms with E-state index < -0.39 is 11.6 Å². The zero-order chi connectivity index (χ0) is 7.56. The van der Waals surface area contributed by atoms with Gasteiger partial charge in [0.05, 0.1) is 0 Å². The number of hydrogen-bond donors (Lipinski definition) is 0. The van der Waals surface area contributed by atoms with Crippen LogP contribution in [0.25, 0.3) is 0 Å². The summed E-state index contributed by atoms with van der Waals surface area (Å²) in [6, 6.07) is 4.07. The van der Waals surface area contributed by atoms with Crippen LogP contribution in [0.2, 0.25) is 0 Å². The summed E-state index contributed by atoms with van der Waals surface area (Å²) in [5, 5.41) is 0. The molecule has 0 saturated heterocycles. The number of hydrogen-bond acceptors (Lipinski definition) is 0. The summed E-state index contributed by atoms with van der Waals surface area (Å²) in [5.74, 6) is -1.50. The van der Waals surface area contributed by atoms with Gasteiger partial charge in [0.2, 0.25) is 0 Å². The molecule has 1 aromatic rings. The Kier molecular flexibility index (Phi) is 2.59. The van der Waals surface area contributed by atoms with Crippen LogP contribution in [0, 0.1) is 15.2 Å². The van der Waals surface area contributed by atoms with Gasteiger partial charge in [0.1, 0.15) is 0 Å². The molecule has 1 aromatic carbocycles. The van der Waals surface area contributed by atoms with Crippen LogP contribution in [0.3, 0.4) is 0 Å². The van der Waals surface area contributed by atoms with Crippen LogP contribution in [0.1, 0.15) is 0 Å².